The Morgan fingerprint density at radius 3 is 2.77 bits per heavy atom. The molecule has 2 amide bonds. The maximum Gasteiger partial charge on any atom is 0.414 e. The fraction of sp³-hybridized carbons (Fsp3) is 0.350. The quantitative estimate of drug-likeness (QED) is 0.309. The van der Waals surface area contributed by atoms with Gasteiger partial charge in [-0.2, -0.15) is 0 Å². The maximum atomic E-state index is 12.2. The Bertz CT molecular complexity index is 915. The molecule has 1 saturated heterocycles. The molecule has 0 saturated carbocycles. The molecule has 1 aromatic heterocycles. The molecule has 10 heteroatoms. The summed E-state index contributed by atoms with van der Waals surface area (Å²) in [7, 11) is 0. The highest BCUT2D eigenvalue weighted by Gasteiger charge is 2.32. The zero-order chi connectivity index (χ0) is 21.5. The molecule has 0 bridgehead atoms. The van der Waals surface area contributed by atoms with Gasteiger partial charge in [0, 0.05) is 24.3 Å². The summed E-state index contributed by atoms with van der Waals surface area (Å²) in [5, 5.41) is 6.03. The van der Waals surface area contributed by atoms with E-state index in [1.54, 1.807) is 17.0 Å². The number of cyclic esters (lactones) is 1. The van der Waals surface area contributed by atoms with Crippen LogP contribution in [0, 0.1) is 0 Å². The molecule has 1 aromatic carbocycles. The Balaban J connectivity index is 1.48. The molecule has 2 aromatic rings. The van der Waals surface area contributed by atoms with Gasteiger partial charge in [-0.05, 0) is 36.4 Å². The van der Waals surface area contributed by atoms with Crippen LogP contribution in [0.5, 0.6) is 0 Å². The van der Waals surface area contributed by atoms with Crippen LogP contribution in [0.3, 0.4) is 0 Å². The van der Waals surface area contributed by atoms with Gasteiger partial charge in [-0.25, -0.2) is 4.79 Å². The predicted octanol–water partition coefficient (Wildman–Crippen LogP) is 3.34. The molecule has 4 N–H and O–H groups in total. The molecule has 1 aliphatic rings. The van der Waals surface area contributed by atoms with E-state index in [2.05, 4.69) is 15.6 Å². The van der Waals surface area contributed by atoms with Gasteiger partial charge < -0.3 is 21.1 Å². The van der Waals surface area contributed by atoms with Crippen molar-refractivity contribution in [2.75, 3.05) is 36.4 Å². The van der Waals surface area contributed by atoms with Crippen molar-refractivity contribution in [1.82, 2.24) is 5.32 Å². The standard InChI is InChI=1S/C20H24ClN5O3S/c1-2-18(22)24-10-9-23-13-3-5-14(6-4-13)26-12-15(29-20(26)28)11-25-19(27)16-7-8-17(21)30-16/h3-8,15,23H,2,9-12H2,1H3,(H2,22,24)(H,25,27)/t15-/m0/s1. The van der Waals surface area contributed by atoms with Crippen LogP contribution in [-0.2, 0) is 4.74 Å². The maximum absolute atomic E-state index is 12.2. The monoisotopic (exact) mass is 449 g/mol. The molecule has 30 heavy (non-hydrogen) atoms. The number of amidine groups is 1. The first-order chi connectivity index (χ1) is 14.5. The Hall–Kier alpha value is -2.78. The molecule has 160 valence electrons. The van der Waals surface area contributed by atoms with Gasteiger partial charge in [-0.15, -0.1) is 11.3 Å². The number of nitrogens with one attached hydrogen (secondary N) is 2. The third-order valence-corrected chi connectivity index (χ3v) is 5.69. The number of rotatable bonds is 9. The van der Waals surface area contributed by atoms with Crippen LogP contribution in [0.1, 0.15) is 23.0 Å². The number of nitrogens with zero attached hydrogens (tertiary/aromatic N) is 2. The summed E-state index contributed by atoms with van der Waals surface area (Å²) < 4.78 is 5.92. The van der Waals surface area contributed by atoms with Crippen molar-refractivity contribution in [3.63, 3.8) is 0 Å². The smallest absolute Gasteiger partial charge is 0.414 e. The lowest BCUT2D eigenvalue weighted by Gasteiger charge is -2.14. The second kappa shape index (κ2) is 10.3. The first-order valence-corrected chi connectivity index (χ1v) is 10.8. The Morgan fingerprint density at radius 2 is 2.10 bits per heavy atom. The van der Waals surface area contributed by atoms with Crippen molar-refractivity contribution in [3.05, 3.63) is 45.6 Å². The summed E-state index contributed by atoms with van der Waals surface area (Å²) >= 11 is 7.05. The zero-order valence-corrected chi connectivity index (χ0v) is 18.1. The molecule has 8 nitrogen and oxygen atoms in total. The fourth-order valence-corrected chi connectivity index (χ4v) is 3.80. The van der Waals surface area contributed by atoms with E-state index in [1.165, 1.54) is 11.3 Å². The normalized spacial score (nSPS) is 16.5. The van der Waals surface area contributed by atoms with Crippen molar-refractivity contribution >= 4 is 52.1 Å². The predicted molar refractivity (Wildman–Crippen MR) is 121 cm³/mol. The largest absolute Gasteiger partial charge is 0.442 e. The minimum absolute atomic E-state index is 0.234. The highest BCUT2D eigenvalue weighted by Crippen LogP contribution is 2.24. The molecular weight excluding hydrogens is 426 g/mol. The number of amides is 2. The van der Waals surface area contributed by atoms with Crippen LogP contribution in [-0.4, -0.2) is 50.1 Å². The number of hydrogen-bond acceptors (Lipinski definition) is 6. The summed E-state index contributed by atoms with van der Waals surface area (Å²) in [5.74, 6) is 0.409. The van der Waals surface area contributed by atoms with Crippen LogP contribution in [0.2, 0.25) is 4.34 Å². The van der Waals surface area contributed by atoms with E-state index in [0.717, 1.165) is 17.8 Å². The molecule has 0 unspecified atom stereocenters. The van der Waals surface area contributed by atoms with Crippen LogP contribution >= 0.6 is 22.9 Å². The summed E-state index contributed by atoms with van der Waals surface area (Å²) in [6.07, 6.45) is -0.108. The van der Waals surface area contributed by atoms with Crippen LogP contribution in [0.25, 0.3) is 0 Å². The summed E-state index contributed by atoms with van der Waals surface area (Å²) in [5.41, 5.74) is 7.34. The van der Waals surface area contributed by atoms with Crippen molar-refractivity contribution in [3.8, 4) is 0 Å². The number of benzene rings is 1. The topological polar surface area (TPSA) is 109 Å². The van der Waals surface area contributed by atoms with Crippen molar-refractivity contribution in [2.24, 2.45) is 10.7 Å². The summed E-state index contributed by atoms with van der Waals surface area (Å²) in [4.78, 5) is 30.6. The highest BCUT2D eigenvalue weighted by atomic mass is 35.5. The van der Waals surface area contributed by atoms with Gasteiger partial charge >= 0.3 is 6.09 Å². The van der Waals surface area contributed by atoms with Crippen molar-refractivity contribution in [1.29, 1.82) is 0 Å². The van der Waals surface area contributed by atoms with E-state index in [1.807, 2.05) is 31.2 Å². The molecule has 1 fully saturated rings. The molecule has 2 heterocycles. The van der Waals surface area contributed by atoms with Crippen molar-refractivity contribution in [2.45, 2.75) is 19.4 Å². The van der Waals surface area contributed by atoms with Gasteiger partial charge in [0.1, 0.15) is 6.10 Å². The number of hydrogen-bond donors (Lipinski definition) is 3. The minimum atomic E-state index is -0.432. The lowest BCUT2D eigenvalue weighted by molar-refractivity contribution is 0.0920. The van der Waals surface area contributed by atoms with Gasteiger partial charge in [0.2, 0.25) is 0 Å². The van der Waals surface area contributed by atoms with E-state index in [0.29, 0.717) is 34.7 Å². The molecule has 1 aliphatic heterocycles. The molecule has 0 spiro atoms. The van der Waals surface area contributed by atoms with Crippen LogP contribution in [0.15, 0.2) is 41.4 Å². The lowest BCUT2D eigenvalue weighted by atomic mass is 10.2. The third-order valence-electron chi connectivity index (χ3n) is 4.46. The van der Waals surface area contributed by atoms with Gasteiger partial charge in [0.05, 0.1) is 34.7 Å². The van der Waals surface area contributed by atoms with Gasteiger partial charge in [-0.3, -0.25) is 14.7 Å². The zero-order valence-electron chi connectivity index (χ0n) is 16.6. The van der Waals surface area contributed by atoms with E-state index in [-0.39, 0.29) is 12.5 Å². The SMILES string of the molecule is CCC(N)=NCCNc1ccc(N2C[C@H](CNC(=O)c3ccc(Cl)s3)OC2=O)cc1. The number of carbonyl (C=O) groups is 2. The van der Waals surface area contributed by atoms with Gasteiger partial charge in [-0.1, -0.05) is 18.5 Å². The molecule has 1 atom stereocenters. The Morgan fingerprint density at radius 1 is 1.33 bits per heavy atom. The lowest BCUT2D eigenvalue weighted by Crippen LogP contribution is -2.34. The average Bonchev–Trinajstić information content (AvgIpc) is 3.35. The number of thiophene rings is 1. The average molecular weight is 450 g/mol. The molecule has 3 rings (SSSR count). The first-order valence-electron chi connectivity index (χ1n) is 9.60. The molecule has 0 radical (unpaired) electrons. The number of aliphatic imine (C=N–C) groups is 1. The number of carbonyl (C=O) groups excluding carboxylic acids is 2. The third kappa shape index (κ3) is 5.87. The van der Waals surface area contributed by atoms with Gasteiger partial charge in [0.15, 0.2) is 0 Å². The molecular formula is C20H24ClN5O3S. The number of halogens is 1. The fourth-order valence-electron chi connectivity index (χ4n) is 2.84. The molecule has 0 aliphatic carbocycles. The van der Waals surface area contributed by atoms with Crippen LogP contribution < -0.4 is 21.3 Å². The van der Waals surface area contributed by atoms with E-state index >= 15 is 0 Å². The Labute approximate surface area is 184 Å². The van der Waals surface area contributed by atoms with E-state index in [9.17, 15) is 9.59 Å². The number of anilines is 2. The number of nitrogens with two attached hydrogens (primary N) is 1. The van der Waals surface area contributed by atoms with Gasteiger partial charge in [0.25, 0.3) is 5.91 Å². The van der Waals surface area contributed by atoms with Crippen molar-refractivity contribution < 1.29 is 14.3 Å². The first kappa shape index (κ1) is 21.9. The number of ether oxygens (including phenoxy) is 1. The second-order valence-electron chi connectivity index (χ2n) is 6.63. The summed E-state index contributed by atoms with van der Waals surface area (Å²) in [6.45, 7) is 3.83. The second-order valence-corrected chi connectivity index (χ2v) is 8.35. The minimum Gasteiger partial charge on any atom is -0.442 e. The summed E-state index contributed by atoms with van der Waals surface area (Å²) in [6, 6.07) is 10.8. The van der Waals surface area contributed by atoms with Crippen LogP contribution in [0.4, 0.5) is 16.2 Å². The van der Waals surface area contributed by atoms with E-state index in [4.69, 9.17) is 22.1 Å². The van der Waals surface area contributed by atoms with E-state index < -0.39 is 12.2 Å². The Kier molecular flexibility index (Phi) is 7.53. The highest BCUT2D eigenvalue weighted by molar-refractivity contribution is 7.18.